The molecule has 0 aliphatic carbocycles. The summed E-state index contributed by atoms with van der Waals surface area (Å²) in [5.41, 5.74) is 4.57. The molecule has 12 heteroatoms. The summed E-state index contributed by atoms with van der Waals surface area (Å²) in [6.07, 6.45) is 4.26. The summed E-state index contributed by atoms with van der Waals surface area (Å²) >= 11 is 13.8. The van der Waals surface area contributed by atoms with Crippen LogP contribution in [0.3, 0.4) is 0 Å². The molecule has 4 heterocycles. The van der Waals surface area contributed by atoms with Crippen molar-refractivity contribution in [2.75, 3.05) is 32.1 Å². The number of nitrogens with zero attached hydrogens (tertiary/aromatic N) is 2. The number of aromatic nitrogens is 2. The molecule has 2 fully saturated rings. The highest BCUT2D eigenvalue weighted by Gasteiger charge is 2.22. The Morgan fingerprint density at radius 3 is 2.50 bits per heavy atom. The number of hydrogen-bond donors (Lipinski definition) is 4. The first kappa shape index (κ1) is 32.2. The monoisotopic (exact) mass is 664 g/mol. The van der Waals surface area contributed by atoms with E-state index in [1.54, 1.807) is 43.6 Å². The predicted octanol–water partition coefficient (Wildman–Crippen LogP) is 6.26. The van der Waals surface area contributed by atoms with Gasteiger partial charge in [-0.2, -0.15) is 0 Å². The van der Waals surface area contributed by atoms with Crippen molar-refractivity contribution in [3.05, 3.63) is 87.8 Å². The quantitative estimate of drug-likeness (QED) is 0.133. The molecule has 2 aromatic heterocycles. The molecule has 2 aliphatic rings. The molecule has 0 bridgehead atoms. The average Bonchev–Trinajstić information content (AvgIpc) is 3.46. The lowest BCUT2D eigenvalue weighted by Crippen LogP contribution is -2.37. The van der Waals surface area contributed by atoms with Gasteiger partial charge in [-0.15, -0.1) is 0 Å². The Bertz CT molecular complexity index is 1720. The Morgan fingerprint density at radius 1 is 0.957 bits per heavy atom. The predicted molar refractivity (Wildman–Crippen MR) is 178 cm³/mol. The second-order valence-electron chi connectivity index (χ2n) is 11.3. The molecule has 2 saturated heterocycles. The van der Waals surface area contributed by atoms with E-state index < -0.39 is 0 Å². The van der Waals surface area contributed by atoms with E-state index in [0.29, 0.717) is 88.0 Å². The van der Waals surface area contributed by atoms with E-state index in [2.05, 4.69) is 26.3 Å². The normalized spacial score (nSPS) is 17.4. The molecular weight excluding hydrogens is 630 g/mol. The maximum Gasteiger partial charge on any atom is 0.220 e. The second kappa shape index (κ2) is 14.7. The molecule has 0 spiro atoms. The van der Waals surface area contributed by atoms with Gasteiger partial charge in [0.05, 0.1) is 46.0 Å². The van der Waals surface area contributed by atoms with Gasteiger partial charge in [0.1, 0.15) is 0 Å². The van der Waals surface area contributed by atoms with E-state index in [1.807, 2.05) is 24.3 Å². The van der Waals surface area contributed by atoms with E-state index in [4.69, 9.17) is 37.7 Å². The third-order valence-corrected chi connectivity index (χ3v) is 8.96. The Balaban J connectivity index is 1.19. The third kappa shape index (κ3) is 7.27. The molecule has 0 radical (unpaired) electrons. The molecule has 4 N–H and O–H groups in total. The molecule has 9 nitrogen and oxygen atoms in total. The highest BCUT2D eigenvalue weighted by atomic mass is 35.5. The van der Waals surface area contributed by atoms with Crippen LogP contribution >= 0.6 is 23.2 Å². The van der Waals surface area contributed by atoms with Crippen LogP contribution in [0.5, 0.6) is 5.88 Å². The molecule has 4 aromatic rings. The number of amides is 1. The van der Waals surface area contributed by atoms with Gasteiger partial charge < -0.3 is 30.7 Å². The third-order valence-electron chi connectivity index (χ3n) is 8.17. The van der Waals surface area contributed by atoms with Crippen LogP contribution in [0.1, 0.15) is 30.4 Å². The summed E-state index contributed by atoms with van der Waals surface area (Å²) < 4.78 is 26.5. The summed E-state index contributed by atoms with van der Waals surface area (Å²) in [4.78, 5) is 20.7. The number of carbonyl (C=O) groups is 1. The Labute approximate surface area is 277 Å². The maximum absolute atomic E-state index is 15.4. The van der Waals surface area contributed by atoms with E-state index >= 15 is 4.39 Å². The van der Waals surface area contributed by atoms with Crippen LogP contribution in [0.2, 0.25) is 10.0 Å². The first-order valence-electron chi connectivity index (χ1n) is 15.3. The molecule has 0 saturated carbocycles. The molecule has 2 aliphatic heterocycles. The van der Waals surface area contributed by atoms with Gasteiger partial charge in [0, 0.05) is 73.7 Å². The number of pyridine rings is 2. The summed E-state index contributed by atoms with van der Waals surface area (Å²) in [5.74, 6) is 0.203. The van der Waals surface area contributed by atoms with E-state index in [1.165, 1.54) is 0 Å². The van der Waals surface area contributed by atoms with Gasteiger partial charge in [0.25, 0.3) is 0 Å². The van der Waals surface area contributed by atoms with E-state index in [9.17, 15) is 4.79 Å². The molecule has 0 unspecified atom stereocenters. The van der Waals surface area contributed by atoms with Gasteiger partial charge in [-0.1, -0.05) is 53.5 Å². The molecule has 46 heavy (non-hydrogen) atoms. The lowest BCUT2D eigenvalue weighted by atomic mass is 10.0. The van der Waals surface area contributed by atoms with Crippen molar-refractivity contribution in [3.63, 3.8) is 0 Å². The fourth-order valence-corrected chi connectivity index (χ4v) is 6.13. The van der Waals surface area contributed by atoms with Crippen molar-refractivity contribution in [1.29, 1.82) is 0 Å². The Hall–Kier alpha value is -3.80. The van der Waals surface area contributed by atoms with Crippen LogP contribution in [0.25, 0.3) is 22.5 Å². The molecule has 1 amide bonds. The van der Waals surface area contributed by atoms with Crippen LogP contribution in [0.15, 0.2) is 60.8 Å². The minimum absolute atomic E-state index is 0.0890. The van der Waals surface area contributed by atoms with Crippen molar-refractivity contribution < 1.29 is 18.7 Å². The van der Waals surface area contributed by atoms with Crippen LogP contribution in [0.4, 0.5) is 15.8 Å². The van der Waals surface area contributed by atoms with Crippen LogP contribution in [-0.4, -0.2) is 54.8 Å². The standard InChI is InChI=1S/C34H35Cl2FN6O3/c1-45-34-21(17-38-18-22-9-11-29(44)41-22)8-10-26(43-34)24-12-14-40-33(31(24)36)25-5-3-6-27(30(25)35)42-28-7-2-4-20(32(28)37)16-39-19-23-13-15-46-23/h2-8,10,12,14,22-23,38-39,42H,9,11,13,15-19H2,1H3,(H,41,44)/t22-,23+/m0/s1. The molecular formula is C34H35Cl2FN6O3. The van der Waals surface area contributed by atoms with Crippen LogP contribution < -0.4 is 26.0 Å². The minimum Gasteiger partial charge on any atom is -0.481 e. The van der Waals surface area contributed by atoms with Crippen molar-refractivity contribution in [1.82, 2.24) is 25.9 Å². The molecule has 240 valence electrons. The number of hydrogen-bond acceptors (Lipinski definition) is 8. The first-order valence-corrected chi connectivity index (χ1v) is 16.0. The maximum atomic E-state index is 15.4. The number of methoxy groups -OCH3 is 1. The zero-order chi connectivity index (χ0) is 32.0. The lowest BCUT2D eigenvalue weighted by Gasteiger charge is -2.26. The van der Waals surface area contributed by atoms with Crippen molar-refractivity contribution in [2.24, 2.45) is 0 Å². The van der Waals surface area contributed by atoms with Gasteiger partial charge in [-0.25, -0.2) is 9.37 Å². The fourth-order valence-electron chi connectivity index (χ4n) is 5.55. The fraction of sp³-hybridized carbons (Fsp3) is 0.324. The van der Waals surface area contributed by atoms with Gasteiger partial charge in [-0.3, -0.25) is 9.78 Å². The number of ether oxygens (including phenoxy) is 2. The number of halogens is 3. The van der Waals surface area contributed by atoms with Crippen molar-refractivity contribution in [3.8, 4) is 28.4 Å². The molecule has 6 rings (SSSR count). The smallest absolute Gasteiger partial charge is 0.220 e. The number of rotatable bonds is 13. The average molecular weight is 666 g/mol. The van der Waals surface area contributed by atoms with E-state index in [-0.39, 0.29) is 23.9 Å². The highest BCUT2D eigenvalue weighted by molar-refractivity contribution is 6.39. The van der Waals surface area contributed by atoms with Crippen LogP contribution in [-0.2, 0) is 22.6 Å². The lowest BCUT2D eigenvalue weighted by molar-refractivity contribution is -0.119. The van der Waals surface area contributed by atoms with Crippen LogP contribution in [0, 0.1) is 5.82 Å². The van der Waals surface area contributed by atoms with Gasteiger partial charge >= 0.3 is 0 Å². The zero-order valence-corrected chi connectivity index (χ0v) is 26.8. The molecule has 2 aromatic carbocycles. The topological polar surface area (TPSA) is 109 Å². The van der Waals surface area contributed by atoms with E-state index in [0.717, 1.165) is 25.0 Å². The number of nitrogens with one attached hydrogen (secondary N) is 4. The SMILES string of the molecule is COc1nc(-c2ccnc(-c3cccc(Nc4cccc(CNC[C@H]5CCO5)c4F)c3Cl)c2Cl)ccc1CNC[C@@H]1CCC(=O)N1. The van der Waals surface area contributed by atoms with Gasteiger partial charge in [0.2, 0.25) is 11.8 Å². The summed E-state index contributed by atoms with van der Waals surface area (Å²) in [5, 5.41) is 13.5. The van der Waals surface area contributed by atoms with Crippen molar-refractivity contribution in [2.45, 2.75) is 44.5 Å². The molecule has 2 atom stereocenters. The highest BCUT2D eigenvalue weighted by Crippen LogP contribution is 2.41. The number of benzene rings is 2. The first-order chi connectivity index (χ1) is 22.4. The second-order valence-corrected chi connectivity index (χ2v) is 12.1. The zero-order valence-electron chi connectivity index (χ0n) is 25.3. The largest absolute Gasteiger partial charge is 0.481 e. The summed E-state index contributed by atoms with van der Waals surface area (Å²) in [6.45, 7) is 3.05. The minimum atomic E-state index is -0.354. The van der Waals surface area contributed by atoms with Gasteiger partial charge in [-0.05, 0) is 37.1 Å². The summed E-state index contributed by atoms with van der Waals surface area (Å²) in [6, 6.07) is 16.4. The van der Waals surface area contributed by atoms with Gasteiger partial charge in [0.15, 0.2) is 5.82 Å². The Morgan fingerprint density at radius 2 is 1.74 bits per heavy atom. The Kier molecular flexibility index (Phi) is 10.3. The number of anilines is 2. The summed E-state index contributed by atoms with van der Waals surface area (Å²) in [7, 11) is 1.57. The van der Waals surface area contributed by atoms with Crippen molar-refractivity contribution >= 4 is 40.5 Å². The number of carbonyl (C=O) groups excluding carboxylic acids is 1.